The SMILES string of the molecule is Cl.O=C(c1c[nH]c(-c2nc3cc(N4CCNCC4)ncc3[nH]2)c1)c1ccccc1C(F)(F)F. The summed E-state index contributed by atoms with van der Waals surface area (Å²) in [5, 5.41) is 3.30. The van der Waals surface area contributed by atoms with Gasteiger partial charge in [-0.25, -0.2) is 9.97 Å². The summed E-state index contributed by atoms with van der Waals surface area (Å²) in [5.74, 6) is 0.602. The number of aromatic nitrogens is 4. The van der Waals surface area contributed by atoms with Gasteiger partial charge in [-0.2, -0.15) is 13.2 Å². The number of carbonyl (C=O) groups is 1. The van der Waals surface area contributed by atoms with E-state index < -0.39 is 17.5 Å². The molecule has 11 heteroatoms. The highest BCUT2D eigenvalue weighted by molar-refractivity contribution is 6.10. The summed E-state index contributed by atoms with van der Waals surface area (Å²) in [6, 6.07) is 8.16. The van der Waals surface area contributed by atoms with Crippen molar-refractivity contribution in [2.45, 2.75) is 6.18 Å². The highest BCUT2D eigenvalue weighted by atomic mass is 35.5. The zero-order chi connectivity index (χ0) is 22.3. The first-order chi connectivity index (χ1) is 15.4. The Bertz CT molecular complexity index is 1290. The molecule has 1 fully saturated rings. The van der Waals surface area contributed by atoms with Gasteiger partial charge in [-0.15, -0.1) is 12.4 Å². The molecule has 172 valence electrons. The second-order valence-corrected chi connectivity index (χ2v) is 7.56. The summed E-state index contributed by atoms with van der Waals surface area (Å²) in [4.78, 5) is 30.1. The van der Waals surface area contributed by atoms with Gasteiger partial charge in [0.2, 0.25) is 0 Å². The maximum Gasteiger partial charge on any atom is 0.417 e. The van der Waals surface area contributed by atoms with Crippen LogP contribution in [-0.2, 0) is 6.18 Å². The molecular weight excluding hydrogens is 457 g/mol. The topological polar surface area (TPSA) is 89.7 Å². The van der Waals surface area contributed by atoms with Gasteiger partial charge in [-0.3, -0.25) is 4.79 Å². The van der Waals surface area contributed by atoms with Crippen LogP contribution in [0.5, 0.6) is 0 Å². The van der Waals surface area contributed by atoms with Crippen LogP contribution < -0.4 is 10.2 Å². The molecule has 0 bridgehead atoms. The Balaban J connectivity index is 0.00000259. The van der Waals surface area contributed by atoms with E-state index in [2.05, 4.69) is 30.2 Å². The van der Waals surface area contributed by atoms with Crippen molar-refractivity contribution in [3.63, 3.8) is 0 Å². The molecule has 4 heterocycles. The molecule has 1 saturated heterocycles. The van der Waals surface area contributed by atoms with Crippen molar-refractivity contribution >= 4 is 35.0 Å². The Morgan fingerprint density at radius 2 is 1.85 bits per heavy atom. The fraction of sp³-hybridized carbons (Fsp3) is 0.227. The minimum atomic E-state index is -4.61. The van der Waals surface area contributed by atoms with Crippen LogP contribution >= 0.6 is 12.4 Å². The molecule has 33 heavy (non-hydrogen) atoms. The third-order valence-corrected chi connectivity index (χ3v) is 5.47. The van der Waals surface area contributed by atoms with Gasteiger partial charge in [0.15, 0.2) is 11.6 Å². The van der Waals surface area contributed by atoms with E-state index in [1.54, 1.807) is 6.20 Å². The van der Waals surface area contributed by atoms with Gasteiger partial charge in [0.25, 0.3) is 0 Å². The Kier molecular flexibility index (Phi) is 6.13. The van der Waals surface area contributed by atoms with Gasteiger partial charge >= 0.3 is 6.18 Å². The van der Waals surface area contributed by atoms with Crippen molar-refractivity contribution in [2.75, 3.05) is 31.1 Å². The van der Waals surface area contributed by atoms with Crippen LogP contribution in [0.15, 0.2) is 48.8 Å². The number of nitrogens with one attached hydrogen (secondary N) is 3. The average Bonchev–Trinajstić information content (AvgIpc) is 3.45. The second-order valence-electron chi connectivity index (χ2n) is 7.56. The van der Waals surface area contributed by atoms with Crippen LogP contribution in [-0.4, -0.2) is 51.9 Å². The number of benzene rings is 1. The predicted octanol–water partition coefficient (Wildman–Crippen LogP) is 4.03. The van der Waals surface area contributed by atoms with E-state index in [0.29, 0.717) is 17.0 Å². The van der Waals surface area contributed by atoms with Gasteiger partial charge in [-0.05, 0) is 12.1 Å². The summed E-state index contributed by atoms with van der Waals surface area (Å²) in [7, 11) is 0. The highest BCUT2D eigenvalue weighted by Crippen LogP contribution is 2.33. The summed E-state index contributed by atoms with van der Waals surface area (Å²) >= 11 is 0. The van der Waals surface area contributed by atoms with Crippen molar-refractivity contribution in [3.8, 4) is 11.5 Å². The smallest absolute Gasteiger partial charge is 0.358 e. The molecule has 0 amide bonds. The number of hydrogen-bond donors (Lipinski definition) is 3. The van der Waals surface area contributed by atoms with Gasteiger partial charge in [0.1, 0.15) is 5.82 Å². The fourth-order valence-electron chi connectivity index (χ4n) is 3.84. The lowest BCUT2D eigenvalue weighted by Crippen LogP contribution is -2.43. The molecule has 7 nitrogen and oxygen atoms in total. The lowest BCUT2D eigenvalue weighted by molar-refractivity contribution is -0.137. The van der Waals surface area contributed by atoms with Gasteiger partial charge in [-0.1, -0.05) is 18.2 Å². The first kappa shape index (κ1) is 22.8. The number of pyridine rings is 1. The van der Waals surface area contributed by atoms with Crippen LogP contribution in [0.4, 0.5) is 19.0 Å². The lowest BCUT2D eigenvalue weighted by Gasteiger charge is -2.28. The summed E-state index contributed by atoms with van der Waals surface area (Å²) < 4.78 is 39.9. The van der Waals surface area contributed by atoms with Crippen molar-refractivity contribution < 1.29 is 18.0 Å². The third-order valence-electron chi connectivity index (χ3n) is 5.47. The number of H-pyrrole nitrogens is 2. The van der Waals surface area contributed by atoms with Crippen molar-refractivity contribution in [2.24, 2.45) is 0 Å². The molecule has 1 aliphatic heterocycles. The van der Waals surface area contributed by atoms with Gasteiger partial charge in [0.05, 0.1) is 28.5 Å². The van der Waals surface area contributed by atoms with Crippen LogP contribution in [0, 0.1) is 0 Å². The van der Waals surface area contributed by atoms with Gasteiger partial charge in [0, 0.05) is 49.6 Å². The largest absolute Gasteiger partial charge is 0.417 e. The van der Waals surface area contributed by atoms with E-state index in [9.17, 15) is 18.0 Å². The molecule has 4 aromatic rings. The van der Waals surface area contributed by atoms with E-state index in [0.717, 1.165) is 43.6 Å². The molecule has 0 unspecified atom stereocenters. The number of carbonyl (C=O) groups excluding carboxylic acids is 1. The zero-order valence-electron chi connectivity index (χ0n) is 17.2. The molecule has 3 N–H and O–H groups in total. The molecule has 0 atom stereocenters. The number of anilines is 1. The molecule has 1 aromatic carbocycles. The van der Waals surface area contributed by atoms with E-state index in [1.807, 2.05) is 6.07 Å². The first-order valence-corrected chi connectivity index (χ1v) is 10.1. The molecule has 0 saturated carbocycles. The number of piperazine rings is 1. The number of imidazole rings is 1. The number of aromatic amines is 2. The first-order valence-electron chi connectivity index (χ1n) is 10.1. The Morgan fingerprint density at radius 3 is 2.61 bits per heavy atom. The predicted molar refractivity (Wildman–Crippen MR) is 121 cm³/mol. The third kappa shape index (κ3) is 4.44. The van der Waals surface area contributed by atoms with Crippen molar-refractivity contribution in [3.05, 3.63) is 65.5 Å². The van der Waals surface area contributed by atoms with Crippen LogP contribution in [0.3, 0.4) is 0 Å². The van der Waals surface area contributed by atoms with E-state index in [-0.39, 0.29) is 23.5 Å². The van der Waals surface area contributed by atoms with Crippen LogP contribution in [0.1, 0.15) is 21.5 Å². The maximum atomic E-state index is 13.3. The second kappa shape index (κ2) is 8.87. The van der Waals surface area contributed by atoms with E-state index in [4.69, 9.17) is 0 Å². The minimum Gasteiger partial charge on any atom is -0.358 e. The molecular formula is C22H20ClF3N6O. The Morgan fingerprint density at radius 1 is 1.09 bits per heavy atom. The summed E-state index contributed by atoms with van der Waals surface area (Å²) in [5.41, 5.74) is 0.717. The fourth-order valence-corrected chi connectivity index (χ4v) is 3.84. The molecule has 0 aliphatic carbocycles. The Hall–Kier alpha value is -3.37. The Labute approximate surface area is 192 Å². The standard InChI is InChI=1S/C22H19F3N6O.ClH/c23-22(24,25)15-4-2-1-3-14(15)20(32)13-9-17(27-11-13)21-29-16-10-19(28-12-18(16)30-21)31-7-5-26-6-8-31;/h1-4,9-12,26-27H,5-8H2,(H,29,30);1H. The quantitative estimate of drug-likeness (QED) is 0.387. The number of hydrogen-bond acceptors (Lipinski definition) is 5. The number of rotatable bonds is 4. The van der Waals surface area contributed by atoms with Crippen molar-refractivity contribution in [1.82, 2.24) is 25.3 Å². The monoisotopic (exact) mass is 476 g/mol. The maximum absolute atomic E-state index is 13.3. The number of nitrogens with zero attached hydrogens (tertiary/aromatic N) is 3. The van der Waals surface area contributed by atoms with Crippen molar-refractivity contribution in [1.29, 1.82) is 0 Å². The summed E-state index contributed by atoms with van der Waals surface area (Å²) in [6.07, 6.45) is -1.51. The number of alkyl halides is 3. The molecule has 1 aliphatic rings. The minimum absolute atomic E-state index is 0. The van der Waals surface area contributed by atoms with E-state index in [1.165, 1.54) is 30.5 Å². The number of halogens is 4. The molecule has 0 radical (unpaired) electrons. The summed E-state index contributed by atoms with van der Waals surface area (Å²) in [6.45, 7) is 3.50. The number of ketones is 1. The molecule has 0 spiro atoms. The highest BCUT2D eigenvalue weighted by Gasteiger charge is 2.35. The van der Waals surface area contributed by atoms with Gasteiger partial charge < -0.3 is 20.2 Å². The zero-order valence-corrected chi connectivity index (χ0v) is 18.1. The average molecular weight is 477 g/mol. The number of fused-ring (bicyclic) bond motifs is 1. The molecule has 5 rings (SSSR count). The normalized spacial score (nSPS) is 14.3. The van der Waals surface area contributed by atoms with E-state index >= 15 is 0 Å². The van der Waals surface area contributed by atoms with Crippen LogP contribution in [0.25, 0.3) is 22.6 Å². The molecule has 3 aromatic heterocycles. The lowest BCUT2D eigenvalue weighted by atomic mass is 9.99. The van der Waals surface area contributed by atoms with Crippen LogP contribution in [0.2, 0.25) is 0 Å².